The summed E-state index contributed by atoms with van der Waals surface area (Å²) in [5, 5.41) is 25.0. The smallest absolute Gasteiger partial charge is 0.233 e. The Morgan fingerprint density at radius 2 is 0.837 bits per heavy atom. The summed E-state index contributed by atoms with van der Waals surface area (Å²) in [6, 6.07) is 53.1. The van der Waals surface area contributed by atoms with Crippen molar-refractivity contribution in [1.29, 1.82) is 0 Å². The van der Waals surface area contributed by atoms with Crippen molar-refractivity contribution in [1.82, 2.24) is 15.0 Å². The van der Waals surface area contributed by atoms with E-state index in [1.165, 1.54) is 53.9 Å². The molecule has 0 aliphatic carbocycles. The van der Waals surface area contributed by atoms with Gasteiger partial charge in [0.2, 0.25) is 17.8 Å². The van der Waals surface area contributed by atoms with Gasteiger partial charge in [-0.1, -0.05) is 109 Å². The Hall–Kier alpha value is -6.79. The van der Waals surface area contributed by atoms with Crippen LogP contribution in [-0.2, 0) is 0 Å². The van der Waals surface area contributed by atoms with Crippen molar-refractivity contribution in [2.45, 2.75) is 0 Å². The number of hydrogen-bond acceptors (Lipinski definition) is 6. The highest BCUT2D eigenvalue weighted by molar-refractivity contribution is 6.34. The second-order valence-corrected chi connectivity index (χ2v) is 12.4. The van der Waals surface area contributed by atoms with E-state index >= 15 is 0 Å². The number of nitrogens with zero attached hydrogens (tertiary/aromatic N) is 3. The first-order valence-corrected chi connectivity index (χ1v) is 16.4. The molecule has 1 heterocycles. The van der Waals surface area contributed by atoms with Crippen LogP contribution < -0.4 is 16.0 Å². The van der Waals surface area contributed by atoms with Crippen molar-refractivity contribution in [2.24, 2.45) is 0 Å². The minimum Gasteiger partial charge on any atom is -0.324 e. The number of fused-ring (bicyclic) bond motifs is 4. The number of para-hydroxylation sites is 1. The predicted octanol–water partition coefficient (Wildman–Crippen LogP) is 11.5. The maximum atomic E-state index is 4.86. The van der Waals surface area contributed by atoms with E-state index in [0.717, 1.165) is 27.8 Å². The van der Waals surface area contributed by atoms with Crippen molar-refractivity contribution in [3.63, 3.8) is 0 Å². The molecule has 0 aliphatic heterocycles. The number of benzene rings is 9. The number of aromatic nitrogens is 3. The van der Waals surface area contributed by atoms with E-state index in [-0.39, 0.29) is 0 Å². The van der Waals surface area contributed by atoms with Gasteiger partial charge in [0.1, 0.15) is 0 Å². The molecule has 6 nitrogen and oxygen atoms in total. The van der Waals surface area contributed by atoms with Crippen molar-refractivity contribution < 1.29 is 0 Å². The van der Waals surface area contributed by atoms with Crippen LogP contribution in [0.4, 0.5) is 34.9 Å². The molecule has 0 unspecified atom stereocenters. The van der Waals surface area contributed by atoms with E-state index in [1.807, 2.05) is 30.3 Å². The molecule has 0 radical (unpaired) electrons. The van der Waals surface area contributed by atoms with E-state index in [1.54, 1.807) is 0 Å². The van der Waals surface area contributed by atoms with Gasteiger partial charge in [-0.2, -0.15) is 15.0 Å². The molecule has 49 heavy (non-hydrogen) atoms. The summed E-state index contributed by atoms with van der Waals surface area (Å²) >= 11 is 0. The fourth-order valence-electron chi connectivity index (χ4n) is 7.22. The van der Waals surface area contributed by atoms with E-state index in [4.69, 9.17) is 15.0 Å². The second kappa shape index (κ2) is 10.9. The lowest BCUT2D eigenvalue weighted by atomic mass is 9.89. The van der Waals surface area contributed by atoms with Crippen LogP contribution in [-0.4, -0.2) is 15.0 Å². The Bertz CT molecular complexity index is 2820. The molecule has 0 bridgehead atoms. The SMILES string of the molecule is c1ccc(Nc2nc(Nc3ccc4cc5ccccc5cc4c3)nc(Nc3ccc4c5cccc6cccc(c7cccc3c74)c65)n2)cc1. The van der Waals surface area contributed by atoms with E-state index in [0.29, 0.717) is 17.8 Å². The van der Waals surface area contributed by atoms with Gasteiger partial charge in [-0.05, 0) is 102 Å². The van der Waals surface area contributed by atoms with Crippen molar-refractivity contribution in [3.05, 3.63) is 152 Å². The van der Waals surface area contributed by atoms with Crippen LogP contribution >= 0.6 is 0 Å². The zero-order valence-electron chi connectivity index (χ0n) is 26.3. The molecular weight excluding hydrogens is 601 g/mol. The first-order chi connectivity index (χ1) is 24.2. The minimum absolute atomic E-state index is 0.430. The topological polar surface area (TPSA) is 74.8 Å². The Balaban J connectivity index is 1.08. The largest absolute Gasteiger partial charge is 0.324 e. The zero-order chi connectivity index (χ0) is 32.3. The molecule has 6 heteroatoms. The summed E-state index contributed by atoms with van der Waals surface area (Å²) in [7, 11) is 0. The molecule has 3 N–H and O–H groups in total. The van der Waals surface area contributed by atoms with Gasteiger partial charge in [-0.25, -0.2) is 0 Å². The quantitative estimate of drug-likeness (QED) is 0.126. The number of nitrogens with one attached hydrogen (secondary N) is 3. The predicted molar refractivity (Wildman–Crippen MR) is 205 cm³/mol. The van der Waals surface area contributed by atoms with Crippen molar-refractivity contribution in [2.75, 3.05) is 16.0 Å². The summed E-state index contributed by atoms with van der Waals surface area (Å²) in [5.41, 5.74) is 2.70. The lowest BCUT2D eigenvalue weighted by molar-refractivity contribution is 1.07. The summed E-state index contributed by atoms with van der Waals surface area (Å²) in [6.45, 7) is 0. The van der Waals surface area contributed by atoms with E-state index in [2.05, 4.69) is 137 Å². The first kappa shape index (κ1) is 27.3. The second-order valence-electron chi connectivity index (χ2n) is 12.4. The molecule has 9 aromatic carbocycles. The van der Waals surface area contributed by atoms with Crippen LogP contribution in [0, 0.1) is 0 Å². The highest BCUT2D eigenvalue weighted by Gasteiger charge is 2.16. The molecule has 230 valence electrons. The van der Waals surface area contributed by atoms with Crippen molar-refractivity contribution >= 4 is 99.5 Å². The Morgan fingerprint density at radius 1 is 0.306 bits per heavy atom. The van der Waals surface area contributed by atoms with Gasteiger partial charge in [0.05, 0.1) is 0 Å². The maximum Gasteiger partial charge on any atom is 0.233 e. The molecule has 10 rings (SSSR count). The highest BCUT2D eigenvalue weighted by Crippen LogP contribution is 2.42. The Labute approximate surface area is 281 Å². The third kappa shape index (κ3) is 4.69. The van der Waals surface area contributed by atoms with Crippen LogP contribution in [0.25, 0.3) is 64.6 Å². The average molecular weight is 629 g/mol. The third-order valence-corrected chi connectivity index (χ3v) is 9.40. The molecular formula is C43H28N6. The standard InChI is InChI=1S/C43H28N6/c1-2-13-31(14-3-1)44-41-47-42(45-32-20-19-29-23-27-9-4-5-10-28(27)24-30(29)25-32)49-43(48-41)46-38-22-21-36-34-16-7-12-26-11-6-15-33(39(26)34)35-17-8-18-37(38)40(35)36/h1-25H,(H3,44,45,46,47,48,49). The van der Waals surface area contributed by atoms with Gasteiger partial charge in [0.15, 0.2) is 0 Å². The fraction of sp³-hybridized carbons (Fsp3) is 0. The maximum absolute atomic E-state index is 4.86. The lowest BCUT2D eigenvalue weighted by Gasteiger charge is -2.17. The van der Waals surface area contributed by atoms with Gasteiger partial charge in [-0.3, -0.25) is 0 Å². The molecule has 1 aromatic heterocycles. The van der Waals surface area contributed by atoms with Gasteiger partial charge in [0.25, 0.3) is 0 Å². The number of anilines is 6. The molecule has 0 atom stereocenters. The third-order valence-electron chi connectivity index (χ3n) is 9.40. The van der Waals surface area contributed by atoms with Crippen LogP contribution in [0.2, 0.25) is 0 Å². The average Bonchev–Trinajstić information content (AvgIpc) is 3.14. The normalized spacial score (nSPS) is 11.7. The number of hydrogen-bond donors (Lipinski definition) is 3. The van der Waals surface area contributed by atoms with Gasteiger partial charge < -0.3 is 16.0 Å². The van der Waals surface area contributed by atoms with E-state index in [9.17, 15) is 0 Å². The molecule has 0 saturated carbocycles. The molecule has 0 saturated heterocycles. The molecule has 0 fully saturated rings. The molecule has 0 amide bonds. The Kier molecular flexibility index (Phi) is 6.08. The van der Waals surface area contributed by atoms with Gasteiger partial charge in [-0.15, -0.1) is 0 Å². The van der Waals surface area contributed by atoms with Crippen LogP contribution in [0.5, 0.6) is 0 Å². The summed E-state index contributed by atoms with van der Waals surface area (Å²) < 4.78 is 0. The summed E-state index contributed by atoms with van der Waals surface area (Å²) in [5.74, 6) is 1.29. The van der Waals surface area contributed by atoms with Crippen LogP contribution in [0.15, 0.2) is 152 Å². The summed E-state index contributed by atoms with van der Waals surface area (Å²) in [6.07, 6.45) is 0. The van der Waals surface area contributed by atoms with Gasteiger partial charge >= 0.3 is 0 Å². The first-order valence-electron chi connectivity index (χ1n) is 16.4. The van der Waals surface area contributed by atoms with Gasteiger partial charge in [0, 0.05) is 22.4 Å². The number of rotatable bonds is 6. The lowest BCUT2D eigenvalue weighted by Crippen LogP contribution is -2.07. The Morgan fingerprint density at radius 3 is 1.57 bits per heavy atom. The molecule has 0 aliphatic rings. The zero-order valence-corrected chi connectivity index (χ0v) is 26.3. The fourth-order valence-corrected chi connectivity index (χ4v) is 7.22. The minimum atomic E-state index is 0.430. The molecule has 10 aromatic rings. The van der Waals surface area contributed by atoms with Crippen LogP contribution in [0.3, 0.4) is 0 Å². The molecule has 0 spiro atoms. The summed E-state index contributed by atoms with van der Waals surface area (Å²) in [4.78, 5) is 14.5. The monoisotopic (exact) mass is 628 g/mol. The van der Waals surface area contributed by atoms with Crippen molar-refractivity contribution in [3.8, 4) is 0 Å². The van der Waals surface area contributed by atoms with Crippen LogP contribution in [0.1, 0.15) is 0 Å². The van der Waals surface area contributed by atoms with E-state index < -0.39 is 0 Å². The highest BCUT2D eigenvalue weighted by atomic mass is 15.3.